The molecule has 1 aliphatic heterocycles. The standard InChI is InChI=1S/C12H17BrN4O3/c1-20-10(18)7-17-12(19)11(13)9(6-16-17)15-5-8-3-2-4-14-8/h6,8,14-15H,2-5,7H2,1H3. The lowest BCUT2D eigenvalue weighted by molar-refractivity contribution is -0.141. The van der Waals surface area contributed by atoms with Crippen molar-refractivity contribution >= 4 is 27.6 Å². The Morgan fingerprint density at radius 3 is 3.15 bits per heavy atom. The Bertz CT molecular complexity index is 540. The molecule has 0 spiro atoms. The largest absolute Gasteiger partial charge is 0.468 e. The summed E-state index contributed by atoms with van der Waals surface area (Å²) in [5, 5.41) is 10.5. The quantitative estimate of drug-likeness (QED) is 0.749. The third-order valence-electron chi connectivity index (χ3n) is 3.19. The van der Waals surface area contributed by atoms with Crippen LogP contribution >= 0.6 is 15.9 Å². The fourth-order valence-electron chi connectivity index (χ4n) is 2.05. The number of aromatic nitrogens is 2. The van der Waals surface area contributed by atoms with Crippen molar-refractivity contribution < 1.29 is 9.53 Å². The van der Waals surface area contributed by atoms with E-state index in [9.17, 15) is 9.59 Å². The van der Waals surface area contributed by atoms with E-state index >= 15 is 0 Å². The van der Waals surface area contributed by atoms with Crippen molar-refractivity contribution in [3.8, 4) is 0 Å². The first-order chi connectivity index (χ1) is 9.61. The molecule has 0 saturated carbocycles. The van der Waals surface area contributed by atoms with Crippen LogP contribution in [-0.4, -0.2) is 42.0 Å². The molecule has 1 unspecified atom stereocenters. The van der Waals surface area contributed by atoms with Gasteiger partial charge in [0.25, 0.3) is 5.56 Å². The van der Waals surface area contributed by atoms with Crippen LogP contribution in [0.3, 0.4) is 0 Å². The van der Waals surface area contributed by atoms with E-state index in [1.165, 1.54) is 19.7 Å². The molecule has 110 valence electrons. The minimum atomic E-state index is -0.512. The van der Waals surface area contributed by atoms with Crippen molar-refractivity contribution in [2.45, 2.75) is 25.4 Å². The number of methoxy groups -OCH3 is 1. The second-order valence-electron chi connectivity index (χ2n) is 4.59. The van der Waals surface area contributed by atoms with Crippen molar-refractivity contribution in [3.05, 3.63) is 21.0 Å². The molecule has 1 atom stereocenters. The fraction of sp³-hybridized carbons (Fsp3) is 0.583. The third-order valence-corrected chi connectivity index (χ3v) is 3.96. The average molecular weight is 345 g/mol. The molecule has 0 aliphatic carbocycles. The van der Waals surface area contributed by atoms with Crippen molar-refractivity contribution in [1.82, 2.24) is 15.1 Å². The number of hydrogen-bond donors (Lipinski definition) is 2. The van der Waals surface area contributed by atoms with Gasteiger partial charge < -0.3 is 15.4 Å². The van der Waals surface area contributed by atoms with Crippen LogP contribution in [0.5, 0.6) is 0 Å². The number of rotatable bonds is 5. The number of ether oxygens (including phenoxy) is 1. The monoisotopic (exact) mass is 344 g/mol. The zero-order valence-electron chi connectivity index (χ0n) is 11.2. The molecule has 0 aromatic carbocycles. The van der Waals surface area contributed by atoms with E-state index in [1.54, 1.807) is 0 Å². The molecule has 1 saturated heterocycles. The molecule has 1 aromatic rings. The van der Waals surface area contributed by atoms with Crippen LogP contribution in [0, 0.1) is 0 Å². The van der Waals surface area contributed by atoms with E-state index in [0.717, 1.165) is 24.2 Å². The lowest BCUT2D eigenvalue weighted by Gasteiger charge is -2.14. The predicted molar refractivity (Wildman–Crippen MR) is 77.7 cm³/mol. The van der Waals surface area contributed by atoms with E-state index in [-0.39, 0.29) is 12.1 Å². The summed E-state index contributed by atoms with van der Waals surface area (Å²) in [4.78, 5) is 23.2. The van der Waals surface area contributed by atoms with Crippen LogP contribution < -0.4 is 16.2 Å². The molecule has 0 amide bonds. The average Bonchev–Trinajstić information content (AvgIpc) is 2.96. The summed E-state index contributed by atoms with van der Waals surface area (Å²) in [5.41, 5.74) is 0.268. The zero-order chi connectivity index (χ0) is 14.5. The van der Waals surface area contributed by atoms with Crippen molar-refractivity contribution in [1.29, 1.82) is 0 Å². The summed E-state index contributed by atoms with van der Waals surface area (Å²) < 4.78 is 5.95. The molecule has 2 heterocycles. The number of nitrogens with zero attached hydrogens (tertiary/aromatic N) is 2. The number of halogens is 1. The summed E-state index contributed by atoms with van der Waals surface area (Å²) in [5.74, 6) is -0.512. The molecule has 7 nitrogen and oxygen atoms in total. The minimum Gasteiger partial charge on any atom is -0.468 e. The lowest BCUT2D eigenvalue weighted by atomic mass is 10.2. The fourth-order valence-corrected chi connectivity index (χ4v) is 2.50. The molecule has 2 N–H and O–H groups in total. The van der Waals surface area contributed by atoms with Gasteiger partial charge in [-0.25, -0.2) is 4.68 Å². The van der Waals surface area contributed by atoms with Gasteiger partial charge in [-0.3, -0.25) is 9.59 Å². The molecular formula is C12H17BrN4O3. The van der Waals surface area contributed by atoms with Crippen LogP contribution in [0.2, 0.25) is 0 Å². The highest BCUT2D eigenvalue weighted by Crippen LogP contribution is 2.17. The maximum absolute atomic E-state index is 12.0. The van der Waals surface area contributed by atoms with Crippen LogP contribution in [0.4, 0.5) is 5.69 Å². The Kier molecular flexibility index (Phi) is 5.13. The van der Waals surface area contributed by atoms with Gasteiger partial charge in [-0.2, -0.15) is 5.10 Å². The van der Waals surface area contributed by atoms with E-state index in [1.807, 2.05) is 0 Å². The second kappa shape index (κ2) is 6.85. The molecule has 0 radical (unpaired) electrons. The van der Waals surface area contributed by atoms with Crippen molar-refractivity contribution in [2.24, 2.45) is 0 Å². The van der Waals surface area contributed by atoms with E-state index in [2.05, 4.69) is 36.4 Å². The molecule has 0 bridgehead atoms. The number of esters is 1. The maximum Gasteiger partial charge on any atom is 0.327 e. The van der Waals surface area contributed by atoms with Crippen LogP contribution in [-0.2, 0) is 16.1 Å². The first-order valence-corrected chi connectivity index (χ1v) is 7.21. The summed E-state index contributed by atoms with van der Waals surface area (Å²) in [6, 6.07) is 0.416. The molecule has 1 aliphatic rings. The molecule has 20 heavy (non-hydrogen) atoms. The Morgan fingerprint density at radius 2 is 2.50 bits per heavy atom. The van der Waals surface area contributed by atoms with Gasteiger partial charge in [-0.1, -0.05) is 0 Å². The first kappa shape index (κ1) is 15.0. The van der Waals surface area contributed by atoms with Gasteiger partial charge >= 0.3 is 5.97 Å². The topological polar surface area (TPSA) is 85.2 Å². The Balaban J connectivity index is 2.05. The molecule has 1 fully saturated rings. The van der Waals surface area contributed by atoms with Crippen LogP contribution in [0.1, 0.15) is 12.8 Å². The highest BCUT2D eigenvalue weighted by molar-refractivity contribution is 9.10. The van der Waals surface area contributed by atoms with Crippen LogP contribution in [0.25, 0.3) is 0 Å². The third kappa shape index (κ3) is 3.57. The smallest absolute Gasteiger partial charge is 0.327 e. The number of carbonyl (C=O) groups excluding carboxylic acids is 1. The van der Waals surface area contributed by atoms with Gasteiger partial charge in [-0.05, 0) is 35.3 Å². The second-order valence-corrected chi connectivity index (χ2v) is 5.38. The molecule has 8 heteroatoms. The Labute approximate surface area is 124 Å². The van der Waals surface area contributed by atoms with Gasteiger partial charge in [0.05, 0.1) is 19.0 Å². The van der Waals surface area contributed by atoms with Gasteiger partial charge in [0, 0.05) is 12.6 Å². The van der Waals surface area contributed by atoms with E-state index in [4.69, 9.17) is 0 Å². The number of anilines is 1. The highest BCUT2D eigenvalue weighted by Gasteiger charge is 2.16. The molecule has 1 aromatic heterocycles. The van der Waals surface area contributed by atoms with E-state index in [0.29, 0.717) is 16.2 Å². The van der Waals surface area contributed by atoms with Gasteiger partial charge in [0.15, 0.2) is 0 Å². The number of nitrogens with one attached hydrogen (secondary N) is 2. The molecule has 2 rings (SSSR count). The first-order valence-electron chi connectivity index (χ1n) is 6.41. The Morgan fingerprint density at radius 1 is 1.70 bits per heavy atom. The summed E-state index contributed by atoms with van der Waals surface area (Å²) in [6.45, 7) is 1.58. The summed E-state index contributed by atoms with van der Waals surface area (Å²) in [6.07, 6.45) is 3.83. The van der Waals surface area contributed by atoms with Gasteiger partial charge in [0.1, 0.15) is 11.0 Å². The van der Waals surface area contributed by atoms with Crippen molar-refractivity contribution in [3.63, 3.8) is 0 Å². The molecular weight excluding hydrogens is 328 g/mol. The lowest BCUT2D eigenvalue weighted by Crippen LogP contribution is -2.31. The number of hydrogen-bond acceptors (Lipinski definition) is 6. The SMILES string of the molecule is COC(=O)Cn1ncc(NCC2CCCN2)c(Br)c1=O. The van der Waals surface area contributed by atoms with E-state index < -0.39 is 5.97 Å². The normalized spacial score (nSPS) is 18.0. The minimum absolute atomic E-state index is 0.196. The summed E-state index contributed by atoms with van der Waals surface area (Å²) >= 11 is 3.24. The zero-order valence-corrected chi connectivity index (χ0v) is 12.8. The Hall–Kier alpha value is -1.41. The number of carbonyl (C=O) groups is 1. The van der Waals surface area contributed by atoms with Gasteiger partial charge in [0.2, 0.25) is 0 Å². The predicted octanol–water partition coefficient (Wildman–Crippen LogP) is 0.343. The maximum atomic E-state index is 12.0. The van der Waals surface area contributed by atoms with Crippen LogP contribution in [0.15, 0.2) is 15.5 Å². The summed E-state index contributed by atoms with van der Waals surface area (Å²) in [7, 11) is 1.27. The highest BCUT2D eigenvalue weighted by atomic mass is 79.9. The van der Waals surface area contributed by atoms with Crippen molar-refractivity contribution in [2.75, 3.05) is 25.5 Å². The van der Waals surface area contributed by atoms with Gasteiger partial charge in [-0.15, -0.1) is 0 Å².